The van der Waals surface area contributed by atoms with Crippen molar-refractivity contribution in [3.8, 4) is 0 Å². The Morgan fingerprint density at radius 3 is 2.11 bits per heavy atom. The first-order chi connectivity index (χ1) is 18.2. The number of aliphatic hydroxyl groups excluding tert-OH is 2. The van der Waals surface area contributed by atoms with Crippen molar-refractivity contribution in [2.75, 3.05) is 11.9 Å². The predicted molar refractivity (Wildman–Crippen MR) is 141 cm³/mol. The maximum absolute atomic E-state index is 12.5. The van der Waals surface area contributed by atoms with Gasteiger partial charge in [-0.1, -0.05) is 84.0 Å². The summed E-state index contributed by atoms with van der Waals surface area (Å²) in [5.41, 5.74) is -0.860. The number of hydrogen-bond donors (Lipinski definition) is 5. The number of amides is 1. The van der Waals surface area contributed by atoms with E-state index in [0.29, 0.717) is 6.42 Å². The third kappa shape index (κ3) is 11.6. The highest BCUT2D eigenvalue weighted by molar-refractivity contribution is 7.46. The largest absolute Gasteiger partial charge is 0.470 e. The summed E-state index contributed by atoms with van der Waals surface area (Å²) in [6.07, 6.45) is 11.4. The summed E-state index contributed by atoms with van der Waals surface area (Å²) in [5, 5.41) is 22.4. The summed E-state index contributed by atoms with van der Waals surface area (Å²) in [4.78, 5) is 46.6. The number of carbonyl (C=O) groups excluding carboxylic acids is 1. The zero-order chi connectivity index (χ0) is 28.0. The first-order valence-electron chi connectivity index (χ1n) is 13.7. The van der Waals surface area contributed by atoms with Crippen molar-refractivity contribution in [2.24, 2.45) is 0 Å². The van der Waals surface area contributed by atoms with Crippen LogP contribution in [0.2, 0.25) is 0 Å². The molecule has 0 spiro atoms. The summed E-state index contributed by atoms with van der Waals surface area (Å²) in [6, 6.07) is 1.35. The molecule has 218 valence electrons. The maximum Gasteiger partial charge on any atom is 0.470 e. The summed E-state index contributed by atoms with van der Waals surface area (Å²) in [7, 11) is -4.98. The van der Waals surface area contributed by atoms with Crippen LogP contribution in [0.5, 0.6) is 0 Å². The standard InChI is InChI=1S/C25H44N3O9P/c1-2-3-4-5-6-7-8-9-10-11-12-13-14-15-21(30)26-20-16-17-28(25(32)27-20)24-22(31)23(19(18-29)36-24)37-38(33,34)35/h16-17,19,22-24,29,31H,2-15,18H2,1H3,(H2,33,34,35)(H,26,27,30,32)/t19-,22-,23-,24-/m1/s1. The van der Waals surface area contributed by atoms with Crippen LogP contribution in [0.15, 0.2) is 17.1 Å². The zero-order valence-corrected chi connectivity index (χ0v) is 23.1. The van der Waals surface area contributed by atoms with Crippen LogP contribution in [0.1, 0.15) is 103 Å². The third-order valence-electron chi connectivity index (χ3n) is 6.63. The molecular weight excluding hydrogens is 517 g/mol. The van der Waals surface area contributed by atoms with Gasteiger partial charge in [0.1, 0.15) is 24.1 Å². The maximum atomic E-state index is 12.5. The number of carbonyl (C=O) groups is 1. The van der Waals surface area contributed by atoms with Crippen LogP contribution in [0.4, 0.5) is 5.82 Å². The van der Waals surface area contributed by atoms with Crippen LogP contribution in [-0.4, -0.2) is 60.4 Å². The summed E-state index contributed by atoms with van der Waals surface area (Å²) >= 11 is 0. The van der Waals surface area contributed by atoms with Gasteiger partial charge >= 0.3 is 13.5 Å². The number of phosphoric ester groups is 1. The lowest BCUT2D eigenvalue weighted by atomic mass is 10.0. The summed E-state index contributed by atoms with van der Waals surface area (Å²) < 4.78 is 22.0. The van der Waals surface area contributed by atoms with Gasteiger partial charge in [0.25, 0.3) is 0 Å². The van der Waals surface area contributed by atoms with E-state index in [-0.39, 0.29) is 11.7 Å². The first-order valence-corrected chi connectivity index (χ1v) is 15.3. The SMILES string of the molecule is CCCCCCCCCCCCCCCC(=O)Nc1ccn([C@@H]2O[C@H](CO)[C@@H](OP(=O)(O)O)[C@H]2O)c(=O)n1. The van der Waals surface area contributed by atoms with Crippen LogP contribution in [0.25, 0.3) is 0 Å². The van der Waals surface area contributed by atoms with Gasteiger partial charge in [0.2, 0.25) is 5.91 Å². The van der Waals surface area contributed by atoms with Crippen molar-refractivity contribution in [3.63, 3.8) is 0 Å². The van der Waals surface area contributed by atoms with E-state index in [2.05, 4.69) is 21.7 Å². The van der Waals surface area contributed by atoms with Gasteiger partial charge in [-0.15, -0.1) is 0 Å². The third-order valence-corrected chi connectivity index (χ3v) is 7.15. The van der Waals surface area contributed by atoms with E-state index in [1.807, 2.05) is 0 Å². The van der Waals surface area contributed by atoms with E-state index in [1.54, 1.807) is 0 Å². The second kappa shape index (κ2) is 17.1. The van der Waals surface area contributed by atoms with Gasteiger partial charge in [-0.2, -0.15) is 4.98 Å². The second-order valence-electron chi connectivity index (χ2n) is 9.84. The van der Waals surface area contributed by atoms with Gasteiger partial charge in [0, 0.05) is 12.6 Å². The Morgan fingerprint density at radius 1 is 1.05 bits per heavy atom. The van der Waals surface area contributed by atoms with Crippen LogP contribution >= 0.6 is 7.82 Å². The van der Waals surface area contributed by atoms with Crippen LogP contribution in [-0.2, 0) is 18.6 Å². The molecule has 0 aliphatic carbocycles. The van der Waals surface area contributed by atoms with Gasteiger partial charge in [0.15, 0.2) is 6.23 Å². The molecular formula is C25H44N3O9P. The minimum atomic E-state index is -4.98. The quantitative estimate of drug-likeness (QED) is 0.124. The molecule has 1 aromatic rings. The molecule has 5 N–H and O–H groups in total. The molecule has 1 saturated heterocycles. The van der Waals surface area contributed by atoms with Crippen molar-refractivity contribution in [3.05, 3.63) is 22.7 Å². The molecule has 13 heteroatoms. The second-order valence-corrected chi connectivity index (χ2v) is 11.0. The average molecular weight is 562 g/mol. The predicted octanol–water partition coefficient (Wildman–Crippen LogP) is 3.39. The molecule has 1 aliphatic rings. The fraction of sp³-hybridized carbons (Fsp3) is 0.800. The Balaban J connectivity index is 1.68. The highest BCUT2D eigenvalue weighted by Gasteiger charge is 2.48. The van der Waals surface area contributed by atoms with Crippen molar-refractivity contribution in [1.82, 2.24) is 9.55 Å². The van der Waals surface area contributed by atoms with Gasteiger partial charge in [-0.25, -0.2) is 9.36 Å². The van der Waals surface area contributed by atoms with Gasteiger partial charge in [-0.05, 0) is 12.5 Å². The molecule has 12 nitrogen and oxygen atoms in total. The van der Waals surface area contributed by atoms with Crippen LogP contribution in [0, 0.1) is 0 Å². The Labute approximate surface area is 224 Å². The first kappa shape index (κ1) is 32.6. The molecule has 0 radical (unpaired) electrons. The molecule has 0 bridgehead atoms. The van der Waals surface area contributed by atoms with E-state index >= 15 is 0 Å². The van der Waals surface area contributed by atoms with Crippen molar-refractivity contribution in [1.29, 1.82) is 0 Å². The highest BCUT2D eigenvalue weighted by Crippen LogP contribution is 2.43. The minimum absolute atomic E-state index is 0.0418. The number of anilines is 1. The fourth-order valence-electron chi connectivity index (χ4n) is 4.57. The average Bonchev–Trinajstić information content (AvgIpc) is 3.15. The van der Waals surface area contributed by atoms with Gasteiger partial charge in [-0.3, -0.25) is 13.9 Å². The smallest absolute Gasteiger partial charge is 0.394 e. The van der Waals surface area contributed by atoms with E-state index in [4.69, 9.17) is 14.5 Å². The van der Waals surface area contributed by atoms with Crippen molar-refractivity contribution < 1.29 is 38.6 Å². The molecule has 2 rings (SSSR count). The molecule has 1 aliphatic heterocycles. The Bertz CT molecular complexity index is 939. The number of nitrogens with zero attached hydrogens (tertiary/aromatic N) is 2. The molecule has 0 saturated carbocycles. The topological polar surface area (TPSA) is 180 Å². The number of rotatable bonds is 19. The fourth-order valence-corrected chi connectivity index (χ4v) is 5.15. The Hall–Kier alpha value is -1.66. The zero-order valence-electron chi connectivity index (χ0n) is 22.2. The number of nitrogens with one attached hydrogen (secondary N) is 1. The lowest BCUT2D eigenvalue weighted by Crippen LogP contribution is -2.37. The Morgan fingerprint density at radius 2 is 1.61 bits per heavy atom. The van der Waals surface area contributed by atoms with E-state index in [9.17, 15) is 24.4 Å². The molecule has 1 amide bonds. The van der Waals surface area contributed by atoms with E-state index in [1.165, 1.54) is 76.5 Å². The van der Waals surface area contributed by atoms with Crippen LogP contribution in [0.3, 0.4) is 0 Å². The Kier molecular flexibility index (Phi) is 14.7. The van der Waals surface area contributed by atoms with Crippen LogP contribution < -0.4 is 11.0 Å². The molecule has 0 aromatic carbocycles. The minimum Gasteiger partial charge on any atom is -0.394 e. The van der Waals surface area contributed by atoms with Crippen molar-refractivity contribution in [2.45, 2.75) is 121 Å². The summed E-state index contributed by atoms with van der Waals surface area (Å²) in [5.74, 6) is -0.217. The van der Waals surface area contributed by atoms with Gasteiger partial charge in [0.05, 0.1) is 6.61 Å². The molecule has 38 heavy (non-hydrogen) atoms. The highest BCUT2D eigenvalue weighted by atomic mass is 31.2. The monoisotopic (exact) mass is 561 g/mol. The molecule has 0 unspecified atom stereocenters. The molecule has 1 aromatic heterocycles. The number of ether oxygens (including phenoxy) is 1. The number of aromatic nitrogens is 2. The number of aliphatic hydroxyl groups is 2. The van der Waals surface area contributed by atoms with E-state index in [0.717, 1.165) is 23.8 Å². The number of phosphoric acid groups is 1. The van der Waals surface area contributed by atoms with E-state index < -0.39 is 44.7 Å². The molecule has 4 atom stereocenters. The normalized spacial score (nSPS) is 21.6. The molecule has 1 fully saturated rings. The van der Waals surface area contributed by atoms with Crippen molar-refractivity contribution >= 4 is 19.5 Å². The van der Waals surface area contributed by atoms with Gasteiger partial charge < -0.3 is 30.1 Å². The lowest BCUT2D eigenvalue weighted by Gasteiger charge is -2.20. The lowest BCUT2D eigenvalue weighted by molar-refractivity contribution is -0.116. The number of hydrogen-bond acceptors (Lipinski definition) is 8. The summed E-state index contributed by atoms with van der Waals surface area (Å²) in [6.45, 7) is 1.53. The number of unbranched alkanes of at least 4 members (excludes halogenated alkanes) is 12. The molecule has 2 heterocycles.